The Morgan fingerprint density at radius 2 is 1.58 bits per heavy atom. The van der Waals surface area contributed by atoms with E-state index in [1.54, 1.807) is 21.3 Å². The molecule has 0 unspecified atom stereocenters. The maximum Gasteiger partial charge on any atom is 0.318 e. The van der Waals surface area contributed by atoms with E-state index in [2.05, 4.69) is 5.32 Å². The van der Waals surface area contributed by atoms with Gasteiger partial charge in [0.15, 0.2) is 0 Å². The summed E-state index contributed by atoms with van der Waals surface area (Å²) in [5, 5.41) is 9.14. The Morgan fingerprint density at radius 1 is 1.00 bits per heavy atom. The average molecular weight is 497 g/mol. The number of nitrogens with one attached hydrogen (secondary N) is 1. The summed E-state index contributed by atoms with van der Waals surface area (Å²) in [6.45, 7) is 6.15. The summed E-state index contributed by atoms with van der Waals surface area (Å²) >= 11 is 0. The molecule has 1 aliphatic rings. The number of carbonyl (C=O) groups is 2. The number of hydrazone groups is 1. The number of rotatable bonds is 9. The number of hydrogen-bond acceptors (Lipinski definition) is 6. The van der Waals surface area contributed by atoms with Crippen LogP contribution in [0.25, 0.3) is 0 Å². The number of methoxy groups -OCH3 is 3. The van der Waals surface area contributed by atoms with Gasteiger partial charge in [0.25, 0.3) is 5.91 Å². The number of hydrogen-bond donors (Lipinski definition) is 1. The van der Waals surface area contributed by atoms with Crippen LogP contribution in [0.1, 0.15) is 44.4 Å². The quantitative estimate of drug-likeness (QED) is 0.570. The smallest absolute Gasteiger partial charge is 0.318 e. The van der Waals surface area contributed by atoms with Gasteiger partial charge in [0.1, 0.15) is 18.0 Å². The van der Waals surface area contributed by atoms with Crippen LogP contribution < -0.4 is 14.8 Å². The molecule has 0 saturated carbocycles. The fourth-order valence-electron chi connectivity index (χ4n) is 3.87. The van der Waals surface area contributed by atoms with Crippen molar-refractivity contribution in [1.29, 1.82) is 0 Å². The molecule has 3 amide bonds. The molecule has 0 aliphatic carbocycles. The molecule has 0 saturated heterocycles. The van der Waals surface area contributed by atoms with Crippen LogP contribution in [0.4, 0.5) is 4.79 Å². The summed E-state index contributed by atoms with van der Waals surface area (Å²) in [5.41, 5.74) is 2.18. The molecule has 0 bridgehead atoms. The van der Waals surface area contributed by atoms with Crippen LogP contribution in [0.15, 0.2) is 53.6 Å². The van der Waals surface area contributed by atoms with E-state index in [0.717, 1.165) is 28.3 Å². The molecule has 36 heavy (non-hydrogen) atoms. The van der Waals surface area contributed by atoms with Crippen LogP contribution in [0, 0.1) is 0 Å². The largest absolute Gasteiger partial charge is 0.497 e. The summed E-state index contributed by atoms with van der Waals surface area (Å²) in [5.74, 6) is 1.20. The Labute approximate surface area is 213 Å². The van der Waals surface area contributed by atoms with E-state index < -0.39 is 5.54 Å². The van der Waals surface area contributed by atoms with Gasteiger partial charge < -0.3 is 24.4 Å². The highest BCUT2D eigenvalue weighted by molar-refractivity contribution is 6.03. The van der Waals surface area contributed by atoms with Crippen molar-refractivity contribution < 1.29 is 23.8 Å². The van der Waals surface area contributed by atoms with Crippen LogP contribution in [0.5, 0.6) is 11.5 Å². The van der Waals surface area contributed by atoms with E-state index in [0.29, 0.717) is 13.0 Å². The summed E-state index contributed by atoms with van der Waals surface area (Å²) in [4.78, 5) is 28.0. The zero-order valence-electron chi connectivity index (χ0n) is 21.9. The van der Waals surface area contributed by atoms with E-state index >= 15 is 0 Å². The molecule has 0 fully saturated rings. The minimum Gasteiger partial charge on any atom is -0.497 e. The van der Waals surface area contributed by atoms with Crippen LogP contribution in [-0.4, -0.2) is 74.1 Å². The highest BCUT2D eigenvalue weighted by Crippen LogP contribution is 2.34. The monoisotopic (exact) mass is 496 g/mol. The van der Waals surface area contributed by atoms with Gasteiger partial charge in [-0.2, -0.15) is 5.10 Å². The summed E-state index contributed by atoms with van der Waals surface area (Å²) < 4.78 is 15.7. The zero-order chi connectivity index (χ0) is 26.3. The molecule has 3 rings (SSSR count). The maximum atomic E-state index is 13.6. The second kappa shape index (κ2) is 11.9. The lowest BCUT2D eigenvalue weighted by atomic mass is 9.98. The molecule has 1 atom stereocenters. The molecule has 1 aliphatic heterocycles. The lowest BCUT2D eigenvalue weighted by molar-refractivity contribution is -0.133. The summed E-state index contributed by atoms with van der Waals surface area (Å²) in [6, 6.07) is 14.6. The third kappa shape index (κ3) is 6.97. The average Bonchev–Trinajstić information content (AvgIpc) is 3.31. The highest BCUT2D eigenvalue weighted by atomic mass is 16.5. The third-order valence-electron chi connectivity index (χ3n) is 5.75. The maximum absolute atomic E-state index is 13.6. The first-order chi connectivity index (χ1) is 17.1. The molecule has 2 aromatic carbocycles. The molecule has 2 aromatic rings. The second-order valence-corrected chi connectivity index (χ2v) is 9.60. The van der Waals surface area contributed by atoms with Crippen molar-refractivity contribution in [1.82, 2.24) is 15.2 Å². The van der Waals surface area contributed by atoms with Gasteiger partial charge in [-0.25, -0.2) is 9.80 Å². The summed E-state index contributed by atoms with van der Waals surface area (Å²) in [7, 11) is 4.79. The molecule has 9 nitrogen and oxygen atoms in total. The lowest BCUT2D eigenvalue weighted by Crippen LogP contribution is -2.52. The Morgan fingerprint density at radius 3 is 2.11 bits per heavy atom. The predicted molar refractivity (Wildman–Crippen MR) is 138 cm³/mol. The molecule has 0 aromatic heterocycles. The Hall–Kier alpha value is -3.59. The van der Waals surface area contributed by atoms with Crippen molar-refractivity contribution in [2.24, 2.45) is 5.10 Å². The number of ether oxygens (including phenoxy) is 3. The first-order valence-corrected chi connectivity index (χ1v) is 11.9. The molecule has 0 radical (unpaired) electrons. The van der Waals surface area contributed by atoms with Crippen molar-refractivity contribution in [3.63, 3.8) is 0 Å². The number of benzene rings is 2. The summed E-state index contributed by atoms with van der Waals surface area (Å²) in [6.07, 6.45) is 0.538. The molecule has 194 valence electrons. The zero-order valence-corrected chi connectivity index (χ0v) is 21.9. The topological polar surface area (TPSA) is 92.7 Å². The first-order valence-electron chi connectivity index (χ1n) is 11.9. The molecule has 0 spiro atoms. The Balaban J connectivity index is 1.89. The van der Waals surface area contributed by atoms with E-state index in [9.17, 15) is 9.59 Å². The fourth-order valence-corrected chi connectivity index (χ4v) is 3.87. The molecular formula is C27H36N4O5. The van der Waals surface area contributed by atoms with Gasteiger partial charge in [0.2, 0.25) is 0 Å². The normalized spacial score (nSPS) is 15.3. The van der Waals surface area contributed by atoms with Crippen molar-refractivity contribution in [2.75, 3.05) is 41.0 Å². The molecule has 9 heteroatoms. The van der Waals surface area contributed by atoms with E-state index in [1.807, 2.05) is 69.3 Å². The molecule has 1 N–H and O–H groups in total. The SMILES string of the molecule is COCCN(CC(=O)N1N=C(c2ccc(OC)cc2)C[C@@H]1c1ccc(OC)cc1)C(=O)NC(C)(C)C. The Bertz CT molecular complexity index is 1060. The van der Waals surface area contributed by atoms with E-state index in [-0.39, 0.29) is 31.1 Å². The van der Waals surface area contributed by atoms with Gasteiger partial charge in [-0.1, -0.05) is 12.1 Å². The molecule has 1 heterocycles. The highest BCUT2D eigenvalue weighted by Gasteiger charge is 2.34. The van der Waals surface area contributed by atoms with Crippen molar-refractivity contribution in [3.05, 3.63) is 59.7 Å². The number of nitrogens with zero attached hydrogens (tertiary/aromatic N) is 3. The minimum absolute atomic E-state index is 0.128. The molecular weight excluding hydrogens is 460 g/mol. The standard InChI is InChI=1S/C27H36N4O5/c1-27(2,3)28-26(33)30(15-16-34-4)18-25(32)31-24(20-9-13-22(36-6)14-10-20)17-23(29-31)19-7-11-21(35-5)12-8-19/h7-14,24H,15-18H2,1-6H3,(H,28,33)/t24-/m1/s1. The van der Waals surface area contributed by atoms with Crippen molar-refractivity contribution in [2.45, 2.75) is 38.8 Å². The van der Waals surface area contributed by atoms with Gasteiger partial charge in [0.05, 0.1) is 32.6 Å². The minimum atomic E-state index is -0.440. The second-order valence-electron chi connectivity index (χ2n) is 9.60. The predicted octanol–water partition coefficient (Wildman–Crippen LogP) is 3.84. The van der Waals surface area contributed by atoms with Crippen molar-refractivity contribution in [3.8, 4) is 11.5 Å². The number of urea groups is 1. The van der Waals surface area contributed by atoms with Gasteiger partial charge in [-0.15, -0.1) is 0 Å². The van der Waals surface area contributed by atoms with E-state index in [4.69, 9.17) is 19.3 Å². The van der Waals surface area contributed by atoms with Crippen LogP contribution in [-0.2, 0) is 9.53 Å². The van der Waals surface area contributed by atoms with Gasteiger partial charge in [-0.3, -0.25) is 4.79 Å². The van der Waals surface area contributed by atoms with Crippen LogP contribution in [0.3, 0.4) is 0 Å². The number of carbonyl (C=O) groups excluding carboxylic acids is 2. The van der Waals surface area contributed by atoms with E-state index in [1.165, 1.54) is 9.91 Å². The van der Waals surface area contributed by atoms with Gasteiger partial charge >= 0.3 is 6.03 Å². The fraction of sp³-hybridized carbons (Fsp3) is 0.444. The Kier molecular flexibility index (Phi) is 8.93. The lowest BCUT2D eigenvalue weighted by Gasteiger charge is -2.30. The van der Waals surface area contributed by atoms with Gasteiger partial charge in [-0.05, 0) is 68.3 Å². The van der Waals surface area contributed by atoms with Crippen molar-refractivity contribution >= 4 is 17.6 Å². The third-order valence-corrected chi connectivity index (χ3v) is 5.75. The van der Waals surface area contributed by atoms with Gasteiger partial charge in [0, 0.05) is 25.6 Å². The van der Waals surface area contributed by atoms with Crippen LogP contribution in [0.2, 0.25) is 0 Å². The first kappa shape index (κ1) is 27.0. The van der Waals surface area contributed by atoms with Crippen LogP contribution >= 0.6 is 0 Å². The number of amides is 3.